The van der Waals surface area contributed by atoms with Crippen LogP contribution in [0.4, 0.5) is 11.4 Å². The minimum absolute atomic E-state index is 0.00592. The van der Waals surface area contributed by atoms with Crippen molar-refractivity contribution in [2.24, 2.45) is 0 Å². The molecule has 0 aromatic heterocycles. The van der Waals surface area contributed by atoms with Crippen LogP contribution in [0.2, 0.25) is 0 Å². The maximum atomic E-state index is 12.5. The maximum absolute atomic E-state index is 12.5. The molecule has 2 aromatic carbocycles. The van der Waals surface area contributed by atoms with E-state index in [0.717, 1.165) is 62.8 Å². The molecule has 0 radical (unpaired) electrons. The van der Waals surface area contributed by atoms with E-state index in [0.29, 0.717) is 13.0 Å². The van der Waals surface area contributed by atoms with E-state index in [9.17, 15) is 9.59 Å². The van der Waals surface area contributed by atoms with Crippen molar-refractivity contribution in [3.63, 3.8) is 0 Å². The highest BCUT2D eigenvalue weighted by Gasteiger charge is 2.22. The van der Waals surface area contributed by atoms with Gasteiger partial charge in [-0.1, -0.05) is 12.1 Å². The summed E-state index contributed by atoms with van der Waals surface area (Å²) in [5.74, 6) is 1.04. The molecule has 2 aliphatic heterocycles. The normalized spacial score (nSPS) is 17.7. The molecule has 0 atom stereocenters. The number of ether oxygens (including phenoxy) is 1. The Morgan fingerprint density at radius 1 is 0.935 bits per heavy atom. The Bertz CT molecular complexity index is 890. The highest BCUT2D eigenvalue weighted by Crippen LogP contribution is 2.23. The molecule has 2 heterocycles. The minimum atomic E-state index is -0.00592. The molecule has 7 nitrogen and oxygen atoms in total. The maximum Gasteiger partial charge on any atom is 0.238 e. The summed E-state index contributed by atoms with van der Waals surface area (Å²) in [5, 5.41) is 2.97. The van der Waals surface area contributed by atoms with Gasteiger partial charge in [0.1, 0.15) is 5.75 Å². The van der Waals surface area contributed by atoms with Crippen LogP contribution in [0.3, 0.4) is 0 Å². The number of amides is 2. The molecule has 1 N–H and O–H groups in total. The van der Waals surface area contributed by atoms with Crippen molar-refractivity contribution in [3.8, 4) is 5.75 Å². The Balaban J connectivity index is 1.20. The first-order chi connectivity index (χ1) is 15.1. The van der Waals surface area contributed by atoms with E-state index < -0.39 is 0 Å². The number of rotatable bonds is 7. The van der Waals surface area contributed by atoms with Gasteiger partial charge < -0.3 is 15.0 Å². The van der Waals surface area contributed by atoms with Gasteiger partial charge in [0, 0.05) is 57.1 Å². The fourth-order valence-electron chi connectivity index (χ4n) is 4.14. The number of anilines is 2. The topological polar surface area (TPSA) is 65.1 Å². The van der Waals surface area contributed by atoms with Crippen molar-refractivity contribution in [3.05, 3.63) is 54.1 Å². The van der Waals surface area contributed by atoms with Crippen molar-refractivity contribution < 1.29 is 14.3 Å². The average Bonchev–Trinajstić information content (AvgIpc) is 3.22. The third-order valence-corrected chi connectivity index (χ3v) is 5.93. The van der Waals surface area contributed by atoms with Crippen molar-refractivity contribution in [1.29, 1.82) is 0 Å². The van der Waals surface area contributed by atoms with Crippen LogP contribution >= 0.6 is 0 Å². The average molecular weight is 423 g/mol. The lowest BCUT2D eigenvalue weighted by Gasteiger charge is -2.34. The summed E-state index contributed by atoms with van der Waals surface area (Å²) in [4.78, 5) is 30.7. The summed E-state index contributed by atoms with van der Waals surface area (Å²) in [5.41, 5.74) is 2.93. The Hall–Kier alpha value is -2.90. The first-order valence-corrected chi connectivity index (χ1v) is 10.9. The van der Waals surface area contributed by atoms with Crippen molar-refractivity contribution in [2.45, 2.75) is 19.4 Å². The van der Waals surface area contributed by atoms with E-state index in [1.165, 1.54) is 5.56 Å². The molecule has 2 aliphatic rings. The van der Waals surface area contributed by atoms with Gasteiger partial charge in [0.25, 0.3) is 0 Å². The summed E-state index contributed by atoms with van der Waals surface area (Å²) < 4.78 is 5.21. The first-order valence-electron chi connectivity index (χ1n) is 10.9. The second kappa shape index (κ2) is 9.94. The molecule has 2 fully saturated rings. The Morgan fingerprint density at radius 2 is 1.61 bits per heavy atom. The Labute approximate surface area is 183 Å². The molecule has 4 rings (SSSR count). The summed E-state index contributed by atoms with van der Waals surface area (Å²) in [6.45, 7) is 5.71. The number of nitrogens with zero attached hydrogens (tertiary/aromatic N) is 3. The predicted octanol–water partition coefficient (Wildman–Crippen LogP) is 2.58. The van der Waals surface area contributed by atoms with Crippen molar-refractivity contribution >= 4 is 23.2 Å². The van der Waals surface area contributed by atoms with Gasteiger partial charge in [-0.05, 0) is 48.4 Å². The first kappa shape index (κ1) is 21.3. The molecule has 0 unspecified atom stereocenters. The van der Waals surface area contributed by atoms with Crippen molar-refractivity contribution in [1.82, 2.24) is 9.80 Å². The van der Waals surface area contributed by atoms with Crippen LogP contribution in [0, 0.1) is 0 Å². The zero-order valence-corrected chi connectivity index (χ0v) is 18.0. The zero-order valence-electron chi connectivity index (χ0n) is 18.0. The number of methoxy groups -OCH3 is 1. The van der Waals surface area contributed by atoms with Gasteiger partial charge in [0.2, 0.25) is 11.8 Å². The molecular weight excluding hydrogens is 392 g/mol. The monoisotopic (exact) mass is 422 g/mol. The number of hydrogen-bond donors (Lipinski definition) is 1. The number of hydrogen-bond acceptors (Lipinski definition) is 5. The van der Waals surface area contributed by atoms with Crippen LogP contribution in [0.15, 0.2) is 48.5 Å². The van der Waals surface area contributed by atoms with E-state index in [2.05, 4.69) is 27.2 Å². The van der Waals surface area contributed by atoms with E-state index in [1.807, 2.05) is 36.4 Å². The number of piperazine rings is 1. The molecule has 2 saturated heterocycles. The lowest BCUT2D eigenvalue weighted by Crippen LogP contribution is -2.48. The van der Waals surface area contributed by atoms with Gasteiger partial charge in [0.05, 0.1) is 13.7 Å². The lowest BCUT2D eigenvalue weighted by atomic mass is 10.2. The molecule has 164 valence electrons. The molecule has 0 bridgehead atoms. The summed E-state index contributed by atoms with van der Waals surface area (Å²) in [7, 11) is 1.68. The van der Waals surface area contributed by atoms with Crippen LogP contribution in [-0.2, 0) is 16.1 Å². The van der Waals surface area contributed by atoms with Crippen LogP contribution in [-0.4, -0.2) is 68.0 Å². The molecule has 2 aromatic rings. The number of carbonyl (C=O) groups excluding carboxylic acids is 2. The van der Waals surface area contributed by atoms with Gasteiger partial charge in [0.15, 0.2) is 0 Å². The van der Waals surface area contributed by atoms with Gasteiger partial charge >= 0.3 is 0 Å². The van der Waals surface area contributed by atoms with Crippen molar-refractivity contribution in [2.75, 3.05) is 56.6 Å². The Morgan fingerprint density at radius 3 is 2.23 bits per heavy atom. The van der Waals surface area contributed by atoms with Crippen LogP contribution < -0.4 is 15.0 Å². The van der Waals surface area contributed by atoms with Gasteiger partial charge in [-0.2, -0.15) is 0 Å². The van der Waals surface area contributed by atoms with Crippen LogP contribution in [0.25, 0.3) is 0 Å². The fourth-order valence-corrected chi connectivity index (χ4v) is 4.14. The molecule has 0 aliphatic carbocycles. The fraction of sp³-hybridized carbons (Fsp3) is 0.417. The molecule has 0 spiro atoms. The van der Waals surface area contributed by atoms with Gasteiger partial charge in [-0.25, -0.2) is 0 Å². The van der Waals surface area contributed by atoms with Crippen LogP contribution in [0.1, 0.15) is 18.4 Å². The molecule has 0 saturated carbocycles. The SMILES string of the molecule is COc1ccc(CN2CCN(CC(=O)Nc3ccc(N4CCCC4=O)cc3)CC2)cc1. The van der Waals surface area contributed by atoms with Gasteiger partial charge in [-0.15, -0.1) is 0 Å². The molecular formula is C24H30N4O3. The number of benzene rings is 2. The highest BCUT2D eigenvalue weighted by atomic mass is 16.5. The smallest absolute Gasteiger partial charge is 0.238 e. The predicted molar refractivity (Wildman–Crippen MR) is 121 cm³/mol. The van der Waals surface area contributed by atoms with E-state index >= 15 is 0 Å². The second-order valence-corrected chi connectivity index (χ2v) is 8.14. The lowest BCUT2D eigenvalue weighted by molar-refractivity contribution is -0.118. The van der Waals surface area contributed by atoms with Crippen LogP contribution in [0.5, 0.6) is 5.75 Å². The molecule has 31 heavy (non-hydrogen) atoms. The van der Waals surface area contributed by atoms with E-state index in [4.69, 9.17) is 4.74 Å². The zero-order chi connectivity index (χ0) is 21.6. The van der Waals surface area contributed by atoms with Gasteiger partial charge in [-0.3, -0.25) is 19.4 Å². The van der Waals surface area contributed by atoms with E-state index in [-0.39, 0.29) is 11.8 Å². The number of carbonyl (C=O) groups is 2. The third kappa shape index (κ3) is 5.62. The highest BCUT2D eigenvalue weighted by molar-refractivity contribution is 5.96. The molecule has 7 heteroatoms. The third-order valence-electron chi connectivity index (χ3n) is 5.93. The molecule has 2 amide bonds. The second-order valence-electron chi connectivity index (χ2n) is 8.14. The van der Waals surface area contributed by atoms with E-state index in [1.54, 1.807) is 12.0 Å². The summed E-state index contributed by atoms with van der Waals surface area (Å²) in [6, 6.07) is 15.7. The Kier molecular flexibility index (Phi) is 6.84. The quantitative estimate of drug-likeness (QED) is 0.743. The standard InChI is InChI=1S/C24H30N4O3/c1-31-22-10-4-19(5-11-22)17-26-13-15-27(16-14-26)18-23(29)25-20-6-8-21(9-7-20)28-12-2-3-24(28)30/h4-11H,2-3,12-18H2,1H3,(H,25,29). The largest absolute Gasteiger partial charge is 0.497 e. The summed E-state index contributed by atoms with van der Waals surface area (Å²) >= 11 is 0. The number of nitrogens with one attached hydrogen (secondary N) is 1. The minimum Gasteiger partial charge on any atom is -0.497 e. The summed E-state index contributed by atoms with van der Waals surface area (Å²) in [6.07, 6.45) is 1.52.